The molecular formula is C22H27N3O4S. The van der Waals surface area contributed by atoms with E-state index in [4.69, 9.17) is 9.47 Å². The summed E-state index contributed by atoms with van der Waals surface area (Å²) in [4.78, 5) is 23.2. The van der Waals surface area contributed by atoms with E-state index in [1.165, 1.54) is 11.8 Å². The molecule has 1 aliphatic heterocycles. The number of ether oxygens (including phenoxy) is 2. The molecule has 0 unspecified atom stereocenters. The second-order valence-electron chi connectivity index (χ2n) is 7.93. The van der Waals surface area contributed by atoms with Gasteiger partial charge in [0.1, 0.15) is 6.10 Å². The first-order valence-corrected chi connectivity index (χ1v) is 11.2. The molecule has 1 N–H and O–H groups in total. The molecule has 2 heterocycles. The third-order valence-corrected chi connectivity index (χ3v) is 6.73. The van der Waals surface area contributed by atoms with Gasteiger partial charge < -0.3 is 19.5 Å². The number of aliphatic hydroxyl groups excluding tert-OH is 1. The second kappa shape index (κ2) is 9.22. The number of carbonyl (C=O) groups excluding carboxylic acids is 1. The topological polar surface area (TPSA) is 84.8 Å². The molecule has 0 spiro atoms. The van der Waals surface area contributed by atoms with Crippen LogP contribution in [-0.2, 0) is 4.79 Å². The van der Waals surface area contributed by atoms with Gasteiger partial charge in [0.25, 0.3) is 0 Å². The van der Waals surface area contributed by atoms with Crippen LogP contribution < -0.4 is 9.47 Å². The van der Waals surface area contributed by atoms with Crippen molar-refractivity contribution in [2.75, 3.05) is 26.0 Å². The van der Waals surface area contributed by atoms with Crippen molar-refractivity contribution in [3.8, 4) is 11.5 Å². The number of fused-ring (bicyclic) bond motifs is 1. The Bertz CT molecular complexity index is 896. The summed E-state index contributed by atoms with van der Waals surface area (Å²) in [6, 6.07) is 9.32. The third-order valence-electron chi connectivity index (χ3n) is 5.88. The summed E-state index contributed by atoms with van der Waals surface area (Å²) in [5, 5.41) is 11.3. The van der Waals surface area contributed by atoms with Crippen LogP contribution in [0.3, 0.4) is 0 Å². The molecule has 1 amide bonds. The zero-order valence-electron chi connectivity index (χ0n) is 17.2. The largest absolute Gasteiger partial charge is 0.493 e. The molecule has 1 aromatic carbocycles. The highest BCUT2D eigenvalue weighted by Crippen LogP contribution is 2.39. The van der Waals surface area contributed by atoms with Crippen molar-refractivity contribution in [2.45, 2.75) is 37.1 Å². The smallest absolute Gasteiger partial charge is 0.233 e. The van der Waals surface area contributed by atoms with Crippen LogP contribution in [0.25, 0.3) is 0 Å². The average molecular weight is 430 g/mol. The molecule has 0 radical (unpaired) electrons. The number of thioether (sulfide) groups is 1. The number of rotatable bonds is 6. The maximum Gasteiger partial charge on any atom is 0.233 e. The van der Waals surface area contributed by atoms with E-state index in [9.17, 15) is 9.90 Å². The summed E-state index contributed by atoms with van der Waals surface area (Å²) >= 11 is 1.37. The summed E-state index contributed by atoms with van der Waals surface area (Å²) in [6.07, 6.45) is 2.22. The number of carbonyl (C=O) groups is 1. The summed E-state index contributed by atoms with van der Waals surface area (Å²) in [5.74, 6) is 2.36. The monoisotopic (exact) mass is 429 g/mol. The lowest BCUT2D eigenvalue weighted by Crippen LogP contribution is -2.42. The highest BCUT2D eigenvalue weighted by atomic mass is 32.2. The van der Waals surface area contributed by atoms with Crippen molar-refractivity contribution in [3.63, 3.8) is 0 Å². The Kier molecular flexibility index (Phi) is 6.43. The first-order chi connectivity index (χ1) is 14.5. The van der Waals surface area contributed by atoms with Gasteiger partial charge in [-0.3, -0.25) is 4.79 Å². The van der Waals surface area contributed by atoms with E-state index in [-0.39, 0.29) is 12.0 Å². The van der Waals surface area contributed by atoms with Crippen LogP contribution in [0, 0.1) is 18.8 Å². The Labute approximate surface area is 180 Å². The average Bonchev–Trinajstić information content (AvgIpc) is 3.15. The van der Waals surface area contributed by atoms with Crippen molar-refractivity contribution in [3.05, 3.63) is 42.2 Å². The molecule has 0 bridgehead atoms. The molecule has 2 aromatic rings. The minimum atomic E-state index is -0.554. The summed E-state index contributed by atoms with van der Waals surface area (Å²) in [5.41, 5.74) is 0.891. The van der Waals surface area contributed by atoms with Gasteiger partial charge >= 0.3 is 0 Å². The van der Waals surface area contributed by atoms with E-state index in [1.807, 2.05) is 42.2 Å². The number of likely N-dealkylation sites (tertiary alicyclic amines) is 1. The molecule has 1 aromatic heterocycles. The van der Waals surface area contributed by atoms with Crippen LogP contribution in [0.15, 0.2) is 41.7 Å². The molecule has 1 aliphatic carbocycles. The molecule has 4 rings (SSSR count). The number of nitrogens with zero attached hydrogens (tertiary/aromatic N) is 3. The Morgan fingerprint density at radius 2 is 1.93 bits per heavy atom. The molecule has 7 nitrogen and oxygen atoms in total. The molecule has 8 heteroatoms. The first kappa shape index (κ1) is 20.9. The van der Waals surface area contributed by atoms with Crippen molar-refractivity contribution in [1.82, 2.24) is 14.9 Å². The van der Waals surface area contributed by atoms with Gasteiger partial charge in [-0.25, -0.2) is 9.97 Å². The molecular weight excluding hydrogens is 402 g/mol. The van der Waals surface area contributed by atoms with Crippen LogP contribution >= 0.6 is 11.8 Å². The molecule has 1 saturated heterocycles. The fourth-order valence-corrected chi connectivity index (χ4v) is 5.09. The fourth-order valence-electron chi connectivity index (χ4n) is 4.31. The van der Waals surface area contributed by atoms with E-state index < -0.39 is 6.10 Å². The molecule has 1 saturated carbocycles. The minimum Gasteiger partial charge on any atom is -0.493 e. The number of amides is 1. The highest BCUT2D eigenvalue weighted by molar-refractivity contribution is 7.99. The molecule has 2 fully saturated rings. The van der Waals surface area contributed by atoms with Gasteiger partial charge in [0.2, 0.25) is 5.91 Å². The number of benzene rings is 1. The van der Waals surface area contributed by atoms with E-state index in [1.54, 1.807) is 13.3 Å². The Balaban J connectivity index is 1.34. The lowest BCUT2D eigenvalue weighted by Gasteiger charge is -2.35. The molecule has 30 heavy (non-hydrogen) atoms. The molecule has 160 valence electrons. The number of aryl methyl sites for hydroxylation is 1. The summed E-state index contributed by atoms with van der Waals surface area (Å²) in [6.45, 7) is 3.31. The SMILES string of the molecule is COc1ccccc1O[C@@H]1C[C@@H]2CN(C(=O)CSc3nccc(C)n3)C[C@@H]2C[C@H]1O. The maximum absolute atomic E-state index is 12.7. The zero-order chi connectivity index (χ0) is 21.1. The highest BCUT2D eigenvalue weighted by Gasteiger charge is 2.44. The number of hydrogen-bond donors (Lipinski definition) is 1. The standard InChI is InChI=1S/C22H27N3O4S/c1-14-7-8-23-22(24-14)30-13-21(27)25-11-15-9-17(26)20(10-16(15)12-25)29-19-6-4-3-5-18(19)28-2/h3-8,15-17,20,26H,9-13H2,1-2H3/t15-,16+,17+,20+/m0/s1. The van der Waals surface area contributed by atoms with Crippen LogP contribution in [0.2, 0.25) is 0 Å². The quantitative estimate of drug-likeness (QED) is 0.558. The summed E-state index contributed by atoms with van der Waals surface area (Å²) < 4.78 is 11.5. The van der Waals surface area contributed by atoms with Gasteiger partial charge in [0.15, 0.2) is 16.7 Å². The van der Waals surface area contributed by atoms with E-state index in [0.717, 1.165) is 12.1 Å². The lowest BCUT2D eigenvalue weighted by atomic mass is 9.78. The minimum absolute atomic E-state index is 0.0937. The summed E-state index contributed by atoms with van der Waals surface area (Å²) in [7, 11) is 1.61. The van der Waals surface area contributed by atoms with Crippen molar-refractivity contribution >= 4 is 17.7 Å². The first-order valence-electron chi connectivity index (χ1n) is 10.2. The van der Waals surface area contributed by atoms with Gasteiger partial charge in [0.05, 0.1) is 19.0 Å². The van der Waals surface area contributed by atoms with Crippen molar-refractivity contribution in [1.29, 1.82) is 0 Å². The van der Waals surface area contributed by atoms with E-state index in [0.29, 0.717) is 53.8 Å². The van der Waals surface area contributed by atoms with Crippen LogP contribution in [0.1, 0.15) is 18.5 Å². The zero-order valence-corrected chi connectivity index (χ0v) is 18.0. The Hall–Kier alpha value is -2.32. The van der Waals surface area contributed by atoms with Gasteiger partial charge in [-0.15, -0.1) is 0 Å². The van der Waals surface area contributed by atoms with E-state index in [2.05, 4.69) is 9.97 Å². The Morgan fingerprint density at radius 3 is 2.67 bits per heavy atom. The number of methoxy groups -OCH3 is 1. The molecule has 2 aliphatic rings. The fraction of sp³-hybridized carbons (Fsp3) is 0.500. The van der Waals surface area contributed by atoms with Crippen molar-refractivity contribution in [2.24, 2.45) is 11.8 Å². The van der Waals surface area contributed by atoms with Gasteiger partial charge in [0, 0.05) is 25.0 Å². The van der Waals surface area contributed by atoms with Gasteiger partial charge in [-0.1, -0.05) is 23.9 Å². The third kappa shape index (κ3) is 4.70. The Morgan fingerprint density at radius 1 is 1.20 bits per heavy atom. The van der Waals surface area contributed by atoms with Crippen LogP contribution in [-0.4, -0.2) is 64.0 Å². The lowest BCUT2D eigenvalue weighted by molar-refractivity contribution is -0.127. The van der Waals surface area contributed by atoms with Gasteiger partial charge in [-0.2, -0.15) is 0 Å². The number of para-hydroxylation sites is 2. The second-order valence-corrected chi connectivity index (χ2v) is 8.88. The number of hydrogen-bond acceptors (Lipinski definition) is 7. The molecule has 4 atom stereocenters. The van der Waals surface area contributed by atoms with Crippen LogP contribution in [0.4, 0.5) is 0 Å². The van der Waals surface area contributed by atoms with Crippen molar-refractivity contribution < 1.29 is 19.4 Å². The number of aliphatic hydroxyl groups is 1. The predicted octanol–water partition coefficient (Wildman–Crippen LogP) is 2.56. The normalized spacial score (nSPS) is 25.6. The maximum atomic E-state index is 12.7. The van der Waals surface area contributed by atoms with Gasteiger partial charge in [-0.05, 0) is 49.8 Å². The number of aromatic nitrogens is 2. The predicted molar refractivity (Wildman–Crippen MR) is 114 cm³/mol. The van der Waals surface area contributed by atoms with Crippen LogP contribution in [0.5, 0.6) is 11.5 Å². The van der Waals surface area contributed by atoms with E-state index >= 15 is 0 Å².